The predicted molar refractivity (Wildman–Crippen MR) is 119 cm³/mol. The summed E-state index contributed by atoms with van der Waals surface area (Å²) in [5, 5.41) is 12.7. The average molecular weight is 405 g/mol. The van der Waals surface area contributed by atoms with E-state index in [2.05, 4.69) is 25.2 Å². The third kappa shape index (κ3) is 4.41. The number of benzene rings is 1. The predicted octanol–water partition coefficient (Wildman–Crippen LogP) is 4.78. The molecule has 0 atom stereocenters. The largest absolute Gasteiger partial charge is 0.467 e. The molecule has 2 heterocycles. The van der Waals surface area contributed by atoms with E-state index in [4.69, 9.17) is 4.42 Å². The van der Waals surface area contributed by atoms with Crippen LogP contribution in [0.15, 0.2) is 47.1 Å². The molecule has 0 unspecified atom stereocenters. The number of carbonyl (C=O) groups is 1. The zero-order chi connectivity index (χ0) is 21.8. The molecule has 1 N–H and O–H groups in total. The van der Waals surface area contributed by atoms with Gasteiger partial charge in [-0.1, -0.05) is 17.7 Å². The van der Waals surface area contributed by atoms with Crippen molar-refractivity contribution in [2.75, 3.05) is 16.8 Å². The van der Waals surface area contributed by atoms with Gasteiger partial charge in [0.15, 0.2) is 0 Å². The minimum absolute atomic E-state index is 0.146. The summed E-state index contributed by atoms with van der Waals surface area (Å²) in [5.74, 6) is 1.11. The number of nitrogens with zero attached hydrogens (tertiary/aromatic N) is 3. The van der Waals surface area contributed by atoms with Gasteiger partial charge in [0, 0.05) is 17.4 Å². The molecule has 2 aromatic heterocycles. The Labute approximate surface area is 177 Å². The summed E-state index contributed by atoms with van der Waals surface area (Å²) in [6, 6.07) is 14.2. The van der Waals surface area contributed by atoms with Crippen molar-refractivity contribution in [3.8, 4) is 6.07 Å². The van der Waals surface area contributed by atoms with Gasteiger partial charge in [-0.2, -0.15) is 5.26 Å². The van der Waals surface area contributed by atoms with Gasteiger partial charge in [0.25, 0.3) is 0 Å². The number of rotatable bonds is 7. The maximum atomic E-state index is 13.0. The van der Waals surface area contributed by atoms with Gasteiger partial charge in [0.2, 0.25) is 5.91 Å². The summed E-state index contributed by atoms with van der Waals surface area (Å²) in [4.78, 5) is 15.1. The molecule has 1 amide bonds. The second kappa shape index (κ2) is 8.91. The number of aryl methyl sites for hydroxylation is 1. The molecule has 0 aliphatic rings. The molecule has 156 valence electrons. The number of nitrogens with one attached hydrogen (secondary N) is 1. The van der Waals surface area contributed by atoms with Crippen molar-refractivity contribution < 1.29 is 9.21 Å². The topological polar surface area (TPSA) is 74.2 Å². The SMILES string of the molecule is Cc1ccc(N(CC(=O)Nc2c(C#N)c(C)c(C)n2Cc2ccco2)C(C)C)cc1. The van der Waals surface area contributed by atoms with Crippen molar-refractivity contribution in [2.45, 2.75) is 47.2 Å². The fourth-order valence-electron chi connectivity index (χ4n) is 3.52. The lowest BCUT2D eigenvalue weighted by Gasteiger charge is -2.28. The molecule has 0 aliphatic carbocycles. The van der Waals surface area contributed by atoms with Crippen LogP contribution < -0.4 is 10.2 Å². The number of furan rings is 1. The molecule has 0 saturated carbocycles. The molecule has 6 nitrogen and oxygen atoms in total. The Morgan fingerprint density at radius 2 is 1.90 bits per heavy atom. The minimum atomic E-state index is -0.168. The first kappa shape index (κ1) is 21.3. The molecule has 0 radical (unpaired) electrons. The van der Waals surface area contributed by atoms with Gasteiger partial charge in [-0.15, -0.1) is 0 Å². The van der Waals surface area contributed by atoms with Gasteiger partial charge >= 0.3 is 0 Å². The molecule has 30 heavy (non-hydrogen) atoms. The van der Waals surface area contributed by atoms with Crippen molar-refractivity contribution >= 4 is 17.4 Å². The van der Waals surface area contributed by atoms with Crippen molar-refractivity contribution in [2.24, 2.45) is 0 Å². The van der Waals surface area contributed by atoms with E-state index < -0.39 is 0 Å². The monoisotopic (exact) mass is 404 g/mol. The first-order valence-electron chi connectivity index (χ1n) is 10.1. The van der Waals surface area contributed by atoms with Gasteiger partial charge < -0.3 is 19.2 Å². The van der Waals surface area contributed by atoms with E-state index in [1.165, 1.54) is 5.56 Å². The Hall–Kier alpha value is -3.46. The van der Waals surface area contributed by atoms with Crippen LogP contribution >= 0.6 is 0 Å². The maximum Gasteiger partial charge on any atom is 0.245 e. The number of amides is 1. The molecule has 1 aromatic carbocycles. The van der Waals surface area contributed by atoms with Crippen molar-refractivity contribution in [3.05, 3.63) is 70.8 Å². The quantitative estimate of drug-likeness (QED) is 0.615. The highest BCUT2D eigenvalue weighted by molar-refractivity contribution is 5.95. The molecule has 0 bridgehead atoms. The molecule has 3 aromatic rings. The van der Waals surface area contributed by atoms with Gasteiger partial charge in [0.1, 0.15) is 17.6 Å². The van der Waals surface area contributed by atoms with Crippen molar-refractivity contribution in [1.29, 1.82) is 5.26 Å². The van der Waals surface area contributed by atoms with E-state index in [1.54, 1.807) is 6.26 Å². The fraction of sp³-hybridized carbons (Fsp3) is 0.333. The molecule has 0 spiro atoms. The molecule has 0 fully saturated rings. The molecular weight excluding hydrogens is 376 g/mol. The Morgan fingerprint density at radius 1 is 1.20 bits per heavy atom. The van der Waals surface area contributed by atoms with E-state index in [0.29, 0.717) is 17.9 Å². The zero-order valence-corrected chi connectivity index (χ0v) is 18.2. The fourth-order valence-corrected chi connectivity index (χ4v) is 3.52. The summed E-state index contributed by atoms with van der Waals surface area (Å²) >= 11 is 0. The van der Waals surface area contributed by atoms with Crippen LogP contribution in [0, 0.1) is 32.1 Å². The van der Waals surface area contributed by atoms with Gasteiger partial charge in [-0.3, -0.25) is 4.79 Å². The van der Waals surface area contributed by atoms with E-state index in [-0.39, 0.29) is 18.5 Å². The van der Waals surface area contributed by atoms with E-state index in [1.807, 2.05) is 66.6 Å². The molecule has 6 heteroatoms. The standard InChI is InChI=1S/C24H28N4O2/c1-16(2)27(20-10-8-17(3)9-11-20)15-23(29)26-24-22(13-25)18(4)19(5)28(24)14-21-7-6-12-30-21/h6-12,16H,14-15H2,1-5H3,(H,26,29). The Kier molecular flexibility index (Phi) is 6.31. The minimum Gasteiger partial charge on any atom is -0.467 e. The number of nitriles is 1. The number of hydrogen-bond acceptors (Lipinski definition) is 4. The Bertz CT molecular complexity index is 1050. The second-order valence-electron chi connectivity index (χ2n) is 7.82. The first-order valence-corrected chi connectivity index (χ1v) is 10.1. The number of aromatic nitrogens is 1. The summed E-state index contributed by atoms with van der Waals surface area (Å²) in [6.45, 7) is 10.6. The van der Waals surface area contributed by atoms with Crippen LogP contribution in [-0.4, -0.2) is 23.1 Å². The molecular formula is C24H28N4O2. The zero-order valence-electron chi connectivity index (χ0n) is 18.2. The Morgan fingerprint density at radius 3 is 2.47 bits per heavy atom. The number of hydrogen-bond donors (Lipinski definition) is 1. The van der Waals surface area contributed by atoms with E-state index in [9.17, 15) is 10.1 Å². The van der Waals surface area contributed by atoms with Crippen LogP contribution in [0.2, 0.25) is 0 Å². The van der Waals surface area contributed by atoms with Gasteiger partial charge in [0.05, 0.1) is 24.9 Å². The summed E-state index contributed by atoms with van der Waals surface area (Å²) in [7, 11) is 0. The van der Waals surface area contributed by atoms with E-state index in [0.717, 1.165) is 22.7 Å². The van der Waals surface area contributed by atoms with Crippen LogP contribution in [0.4, 0.5) is 11.5 Å². The van der Waals surface area contributed by atoms with Crippen LogP contribution in [-0.2, 0) is 11.3 Å². The normalized spacial score (nSPS) is 10.8. The molecule has 0 saturated heterocycles. The maximum absolute atomic E-state index is 13.0. The highest BCUT2D eigenvalue weighted by Crippen LogP contribution is 2.28. The molecule has 0 aliphatic heterocycles. The van der Waals surface area contributed by atoms with Crippen LogP contribution in [0.5, 0.6) is 0 Å². The number of anilines is 2. The lowest BCUT2D eigenvalue weighted by molar-refractivity contribution is -0.115. The van der Waals surface area contributed by atoms with Crippen LogP contribution in [0.1, 0.15) is 42.0 Å². The summed E-state index contributed by atoms with van der Waals surface area (Å²) < 4.78 is 7.40. The van der Waals surface area contributed by atoms with Crippen molar-refractivity contribution in [3.63, 3.8) is 0 Å². The van der Waals surface area contributed by atoms with Gasteiger partial charge in [-0.05, 0) is 64.4 Å². The van der Waals surface area contributed by atoms with Crippen LogP contribution in [0.3, 0.4) is 0 Å². The summed E-state index contributed by atoms with van der Waals surface area (Å²) in [5.41, 5.74) is 4.44. The first-order chi connectivity index (χ1) is 14.3. The lowest BCUT2D eigenvalue weighted by Crippen LogP contribution is -2.38. The highest BCUT2D eigenvalue weighted by Gasteiger charge is 2.22. The second-order valence-corrected chi connectivity index (χ2v) is 7.82. The third-order valence-corrected chi connectivity index (χ3v) is 5.40. The highest BCUT2D eigenvalue weighted by atomic mass is 16.3. The third-order valence-electron chi connectivity index (χ3n) is 5.40. The van der Waals surface area contributed by atoms with E-state index >= 15 is 0 Å². The number of carbonyl (C=O) groups excluding carboxylic acids is 1. The lowest BCUT2D eigenvalue weighted by atomic mass is 10.2. The molecule has 3 rings (SSSR count). The summed E-state index contributed by atoms with van der Waals surface area (Å²) in [6.07, 6.45) is 1.62. The van der Waals surface area contributed by atoms with Crippen molar-refractivity contribution in [1.82, 2.24) is 4.57 Å². The smallest absolute Gasteiger partial charge is 0.245 e. The van der Waals surface area contributed by atoms with Crippen LogP contribution in [0.25, 0.3) is 0 Å². The van der Waals surface area contributed by atoms with Gasteiger partial charge in [-0.25, -0.2) is 0 Å². The Balaban J connectivity index is 1.87. The average Bonchev–Trinajstić information content (AvgIpc) is 3.30.